The number of carbonyl (C=O) groups excluding carboxylic acids is 2. The summed E-state index contributed by atoms with van der Waals surface area (Å²) in [5.74, 6) is 1.25. The first-order chi connectivity index (χ1) is 16.2. The fourth-order valence-corrected chi connectivity index (χ4v) is 3.90. The van der Waals surface area contributed by atoms with Crippen LogP contribution in [0.5, 0.6) is 17.2 Å². The summed E-state index contributed by atoms with van der Waals surface area (Å²) in [6.07, 6.45) is 2.55. The first-order valence-corrected chi connectivity index (χ1v) is 11.1. The highest BCUT2D eigenvalue weighted by molar-refractivity contribution is 7.74. The molecular formula is C24H29N2O7S+. The molecule has 2 aromatic carbocycles. The van der Waals surface area contributed by atoms with E-state index < -0.39 is 11.7 Å². The molecule has 9 nitrogen and oxygen atoms in total. The summed E-state index contributed by atoms with van der Waals surface area (Å²) in [6.45, 7) is 5.55. The van der Waals surface area contributed by atoms with Gasteiger partial charge in [-0.3, -0.25) is 10.1 Å². The smallest absolute Gasteiger partial charge is 0.412 e. The predicted octanol–water partition coefficient (Wildman–Crippen LogP) is 5.05. The SMILES string of the molecule is COc1ccc([N+](=CCCCOc2ccc3c(c2)C(C)(C)OC(=O)N3)OS)c(C(C)=O)c1OC. The number of benzene rings is 2. The van der Waals surface area contributed by atoms with Gasteiger partial charge in [0.1, 0.15) is 29.8 Å². The molecule has 0 aliphatic carbocycles. The Labute approximate surface area is 204 Å². The lowest BCUT2D eigenvalue weighted by molar-refractivity contribution is -0.672. The number of amides is 1. The van der Waals surface area contributed by atoms with E-state index in [2.05, 4.69) is 18.2 Å². The minimum absolute atomic E-state index is 0.201. The van der Waals surface area contributed by atoms with Crippen LogP contribution in [-0.4, -0.2) is 43.7 Å². The Bertz CT molecular complexity index is 1110. The van der Waals surface area contributed by atoms with Crippen LogP contribution in [-0.2, 0) is 14.6 Å². The van der Waals surface area contributed by atoms with Crippen LogP contribution in [0.1, 0.15) is 49.5 Å². The molecule has 0 aromatic heterocycles. The van der Waals surface area contributed by atoms with Crippen molar-refractivity contribution in [3.05, 3.63) is 41.5 Å². The molecule has 0 radical (unpaired) electrons. The van der Waals surface area contributed by atoms with Gasteiger partial charge in [0.15, 0.2) is 17.3 Å². The fourth-order valence-electron chi connectivity index (χ4n) is 3.74. The van der Waals surface area contributed by atoms with Crippen molar-refractivity contribution in [3.8, 4) is 17.2 Å². The molecular weight excluding hydrogens is 460 g/mol. The second-order valence-corrected chi connectivity index (χ2v) is 8.23. The maximum Gasteiger partial charge on any atom is 0.412 e. The summed E-state index contributed by atoms with van der Waals surface area (Å²) < 4.78 is 28.5. The van der Waals surface area contributed by atoms with E-state index >= 15 is 0 Å². The van der Waals surface area contributed by atoms with Crippen LogP contribution in [0.25, 0.3) is 0 Å². The van der Waals surface area contributed by atoms with Crippen molar-refractivity contribution in [3.63, 3.8) is 0 Å². The van der Waals surface area contributed by atoms with Crippen LogP contribution in [0.3, 0.4) is 0 Å². The number of hydrogen-bond acceptors (Lipinski definition) is 8. The summed E-state index contributed by atoms with van der Waals surface area (Å²) in [7, 11) is 2.98. The Balaban J connectivity index is 1.68. The number of unbranched alkanes of at least 4 members (excludes halogenated alkanes) is 1. The molecule has 0 saturated heterocycles. The van der Waals surface area contributed by atoms with Gasteiger partial charge >= 0.3 is 6.09 Å². The molecule has 0 atom stereocenters. The minimum atomic E-state index is -0.747. The van der Waals surface area contributed by atoms with Gasteiger partial charge in [0.25, 0.3) is 5.69 Å². The highest BCUT2D eigenvalue weighted by Crippen LogP contribution is 2.39. The summed E-state index contributed by atoms with van der Waals surface area (Å²) in [5, 5.41) is 2.69. The van der Waals surface area contributed by atoms with Gasteiger partial charge in [-0.1, -0.05) is 0 Å². The molecule has 0 unspecified atom stereocenters. The van der Waals surface area contributed by atoms with Crippen molar-refractivity contribution in [1.82, 2.24) is 0 Å². The zero-order chi connectivity index (χ0) is 24.9. The van der Waals surface area contributed by atoms with E-state index in [9.17, 15) is 9.59 Å². The number of nitrogens with one attached hydrogen (secondary N) is 1. The quantitative estimate of drug-likeness (QED) is 0.0917. The predicted molar refractivity (Wildman–Crippen MR) is 130 cm³/mol. The maximum absolute atomic E-state index is 12.3. The van der Waals surface area contributed by atoms with Crippen LogP contribution in [0.4, 0.5) is 16.2 Å². The first kappa shape index (κ1) is 25.2. The van der Waals surface area contributed by atoms with Crippen LogP contribution < -0.4 is 19.5 Å². The van der Waals surface area contributed by atoms with E-state index in [4.69, 9.17) is 23.2 Å². The molecule has 1 aliphatic heterocycles. The number of cyclic esters (lactones) is 1. The standard InChI is InChI=1S/C24H28N2O7S/c1-15(27)21-19(10-11-20(29-4)22(21)30-5)26(33-34)12-6-7-13-31-16-8-9-18-17(14-16)24(2,3)32-23(28)25-18/h8-12,14H,6-7,13H2,1-5H3,(H-,25,28,34)/p+1. The average Bonchev–Trinajstić information content (AvgIpc) is 2.80. The Hall–Kier alpha value is -3.40. The molecule has 1 aliphatic rings. The summed E-state index contributed by atoms with van der Waals surface area (Å²) >= 11 is 3.94. The number of carbonyl (C=O) groups is 2. The number of thiol groups is 1. The highest BCUT2D eigenvalue weighted by Gasteiger charge is 2.33. The second kappa shape index (κ2) is 10.7. The van der Waals surface area contributed by atoms with Crippen LogP contribution in [0.15, 0.2) is 30.3 Å². The lowest BCUT2D eigenvalue weighted by atomic mass is 9.94. The van der Waals surface area contributed by atoms with Gasteiger partial charge in [0.2, 0.25) is 6.21 Å². The van der Waals surface area contributed by atoms with Gasteiger partial charge in [0.05, 0.1) is 26.5 Å². The molecule has 0 spiro atoms. The van der Waals surface area contributed by atoms with E-state index in [-0.39, 0.29) is 5.78 Å². The third-order valence-electron chi connectivity index (χ3n) is 5.34. The average molecular weight is 490 g/mol. The molecule has 1 N–H and O–H groups in total. The molecule has 0 saturated carbocycles. The second-order valence-electron chi connectivity index (χ2n) is 8.06. The monoisotopic (exact) mass is 489 g/mol. The largest absolute Gasteiger partial charge is 0.494 e. The van der Waals surface area contributed by atoms with Crippen molar-refractivity contribution < 1.29 is 37.6 Å². The summed E-state index contributed by atoms with van der Waals surface area (Å²) in [4.78, 5) is 24.0. The number of ketones is 1. The third kappa shape index (κ3) is 5.39. The zero-order valence-corrected chi connectivity index (χ0v) is 20.7. The number of fused-ring (bicyclic) bond motifs is 1. The van der Waals surface area contributed by atoms with Gasteiger partial charge < -0.3 is 18.9 Å². The topological polar surface area (TPSA) is 95.3 Å². The van der Waals surface area contributed by atoms with Crippen molar-refractivity contribution in [2.75, 3.05) is 26.1 Å². The molecule has 0 fully saturated rings. The Morgan fingerprint density at radius 1 is 1.21 bits per heavy atom. The summed E-state index contributed by atoms with van der Waals surface area (Å²) in [5.41, 5.74) is 1.62. The van der Waals surface area contributed by atoms with Crippen LogP contribution in [0.2, 0.25) is 0 Å². The van der Waals surface area contributed by atoms with Crippen molar-refractivity contribution >= 4 is 42.4 Å². The number of methoxy groups -OCH3 is 2. The van der Waals surface area contributed by atoms with Crippen LogP contribution in [0, 0.1) is 0 Å². The number of hydrogen-bond donors (Lipinski definition) is 2. The van der Waals surface area contributed by atoms with E-state index in [0.717, 1.165) is 5.56 Å². The number of Topliss-reactive ketones (excluding diaryl/α,β-unsaturated/α-hetero) is 1. The lowest BCUT2D eigenvalue weighted by Crippen LogP contribution is -2.34. The number of anilines is 1. The van der Waals surface area contributed by atoms with Gasteiger partial charge in [0, 0.05) is 22.8 Å². The zero-order valence-electron chi connectivity index (χ0n) is 19.8. The third-order valence-corrected chi connectivity index (χ3v) is 5.51. The molecule has 3 rings (SSSR count). The van der Waals surface area contributed by atoms with E-state index in [0.29, 0.717) is 53.6 Å². The fraction of sp³-hybridized carbons (Fsp3) is 0.375. The lowest BCUT2D eigenvalue weighted by Gasteiger charge is -2.32. The molecule has 0 bridgehead atoms. The molecule has 10 heteroatoms. The van der Waals surface area contributed by atoms with Gasteiger partial charge in [-0.15, -0.1) is 0 Å². The Kier molecular flexibility index (Phi) is 7.93. The van der Waals surface area contributed by atoms with E-state index in [1.54, 1.807) is 30.5 Å². The molecule has 1 heterocycles. The van der Waals surface area contributed by atoms with Crippen molar-refractivity contribution in [2.24, 2.45) is 0 Å². The highest BCUT2D eigenvalue weighted by atomic mass is 32.1. The number of ether oxygens (including phenoxy) is 4. The van der Waals surface area contributed by atoms with E-state index in [1.165, 1.54) is 25.9 Å². The van der Waals surface area contributed by atoms with Crippen molar-refractivity contribution in [2.45, 2.75) is 39.2 Å². The normalized spacial score (nSPS) is 14.4. The first-order valence-electron chi connectivity index (χ1n) is 10.7. The Morgan fingerprint density at radius 2 is 1.97 bits per heavy atom. The van der Waals surface area contributed by atoms with Crippen LogP contribution >= 0.6 is 12.9 Å². The minimum Gasteiger partial charge on any atom is -0.494 e. The molecule has 34 heavy (non-hydrogen) atoms. The maximum atomic E-state index is 12.3. The van der Waals surface area contributed by atoms with Gasteiger partial charge in [-0.05, 0) is 51.5 Å². The van der Waals surface area contributed by atoms with E-state index in [1.807, 2.05) is 19.9 Å². The molecule has 1 amide bonds. The Morgan fingerprint density at radius 3 is 2.62 bits per heavy atom. The summed E-state index contributed by atoms with van der Waals surface area (Å²) in [6, 6.07) is 8.87. The number of nitrogens with zero attached hydrogens (tertiary/aromatic N) is 1. The number of rotatable bonds is 10. The molecule has 2 aromatic rings. The van der Waals surface area contributed by atoms with Gasteiger partial charge in [-0.25, -0.2) is 4.79 Å². The van der Waals surface area contributed by atoms with Crippen molar-refractivity contribution in [1.29, 1.82) is 0 Å². The van der Waals surface area contributed by atoms with Gasteiger partial charge in [-0.2, -0.15) is 4.28 Å². The molecule has 182 valence electrons.